The predicted molar refractivity (Wildman–Crippen MR) is 64.1 cm³/mol. The number of hydrogen-bond acceptors (Lipinski definition) is 5. The van der Waals surface area contributed by atoms with Crippen molar-refractivity contribution in [3.8, 4) is 11.5 Å². The fourth-order valence-corrected chi connectivity index (χ4v) is 1.83. The maximum Gasteiger partial charge on any atom is 0.335 e. The zero-order valence-electron chi connectivity index (χ0n) is 9.44. The first-order chi connectivity index (χ1) is 7.99. The number of aliphatic hydroxyl groups is 1. The number of carbonyl (C=O) groups excluding carboxylic acids is 1. The standard InChI is InChI=1S/C11H13BrO5/c1-16-10-4-6(7(12)5-8(10)13)3-9(14)11(15)17-2/h4-5,9,13-14H,3H2,1-2H3. The Kier molecular flexibility index (Phi) is 4.77. The number of rotatable bonds is 4. The van der Waals surface area contributed by atoms with E-state index in [0.29, 0.717) is 10.0 Å². The van der Waals surface area contributed by atoms with Gasteiger partial charge in [0.25, 0.3) is 0 Å². The number of methoxy groups -OCH3 is 2. The summed E-state index contributed by atoms with van der Waals surface area (Å²) in [4.78, 5) is 11.1. The van der Waals surface area contributed by atoms with Gasteiger partial charge in [-0.15, -0.1) is 0 Å². The van der Waals surface area contributed by atoms with E-state index in [4.69, 9.17) is 4.74 Å². The number of aliphatic hydroxyl groups excluding tert-OH is 1. The highest BCUT2D eigenvalue weighted by atomic mass is 79.9. The fraction of sp³-hybridized carbons (Fsp3) is 0.364. The first-order valence-electron chi connectivity index (χ1n) is 4.80. The molecule has 6 heteroatoms. The molecule has 1 atom stereocenters. The molecular formula is C11H13BrO5. The van der Waals surface area contributed by atoms with Crippen molar-refractivity contribution in [2.45, 2.75) is 12.5 Å². The zero-order valence-corrected chi connectivity index (χ0v) is 11.0. The highest BCUT2D eigenvalue weighted by Gasteiger charge is 2.18. The number of halogens is 1. The third-order valence-corrected chi connectivity index (χ3v) is 2.97. The summed E-state index contributed by atoms with van der Waals surface area (Å²) in [5.41, 5.74) is 0.637. The lowest BCUT2D eigenvalue weighted by molar-refractivity contribution is -0.150. The van der Waals surface area contributed by atoms with Crippen molar-refractivity contribution in [1.29, 1.82) is 0 Å². The first-order valence-corrected chi connectivity index (χ1v) is 5.60. The van der Waals surface area contributed by atoms with Gasteiger partial charge < -0.3 is 19.7 Å². The van der Waals surface area contributed by atoms with Gasteiger partial charge in [-0.3, -0.25) is 0 Å². The molecule has 17 heavy (non-hydrogen) atoms. The lowest BCUT2D eigenvalue weighted by Crippen LogP contribution is -2.24. The Balaban J connectivity index is 2.94. The molecule has 0 spiro atoms. The maximum absolute atomic E-state index is 11.1. The highest BCUT2D eigenvalue weighted by Crippen LogP contribution is 2.32. The summed E-state index contributed by atoms with van der Waals surface area (Å²) in [7, 11) is 2.63. The largest absolute Gasteiger partial charge is 0.504 e. The van der Waals surface area contributed by atoms with Crippen molar-refractivity contribution in [3.05, 3.63) is 22.2 Å². The number of aromatic hydroxyl groups is 1. The Morgan fingerprint density at radius 1 is 1.47 bits per heavy atom. The Labute approximate surface area is 107 Å². The molecule has 0 aliphatic rings. The van der Waals surface area contributed by atoms with Crippen molar-refractivity contribution in [3.63, 3.8) is 0 Å². The summed E-state index contributed by atoms with van der Waals surface area (Å²) >= 11 is 3.23. The number of ether oxygens (including phenoxy) is 2. The number of hydrogen-bond donors (Lipinski definition) is 2. The third-order valence-electron chi connectivity index (χ3n) is 2.23. The van der Waals surface area contributed by atoms with E-state index in [1.807, 2.05) is 0 Å². The van der Waals surface area contributed by atoms with E-state index in [1.165, 1.54) is 20.3 Å². The van der Waals surface area contributed by atoms with Gasteiger partial charge >= 0.3 is 5.97 Å². The average Bonchev–Trinajstić information content (AvgIpc) is 2.31. The van der Waals surface area contributed by atoms with Gasteiger partial charge in [0.2, 0.25) is 0 Å². The van der Waals surface area contributed by atoms with Crippen molar-refractivity contribution < 1.29 is 24.5 Å². The number of phenolic OH excluding ortho intramolecular Hbond substituents is 1. The molecule has 0 aliphatic carbocycles. The number of esters is 1. The van der Waals surface area contributed by atoms with Gasteiger partial charge in [0.1, 0.15) is 0 Å². The quantitative estimate of drug-likeness (QED) is 0.819. The third kappa shape index (κ3) is 3.34. The molecule has 1 unspecified atom stereocenters. The Morgan fingerprint density at radius 2 is 2.12 bits per heavy atom. The van der Waals surface area contributed by atoms with Crippen molar-refractivity contribution >= 4 is 21.9 Å². The van der Waals surface area contributed by atoms with Gasteiger partial charge in [0.15, 0.2) is 17.6 Å². The first kappa shape index (κ1) is 13.8. The molecule has 94 valence electrons. The minimum Gasteiger partial charge on any atom is -0.504 e. The van der Waals surface area contributed by atoms with Gasteiger partial charge in [-0.25, -0.2) is 4.79 Å². The molecule has 1 aromatic carbocycles. The molecule has 0 fully saturated rings. The molecule has 0 saturated carbocycles. The topological polar surface area (TPSA) is 76.0 Å². The van der Waals surface area contributed by atoms with Crippen LogP contribution in [-0.4, -0.2) is 36.5 Å². The van der Waals surface area contributed by atoms with Crippen LogP contribution in [0.25, 0.3) is 0 Å². The Morgan fingerprint density at radius 3 is 2.65 bits per heavy atom. The lowest BCUT2D eigenvalue weighted by Gasteiger charge is -2.12. The van der Waals surface area contributed by atoms with Crippen LogP contribution in [0.4, 0.5) is 0 Å². The lowest BCUT2D eigenvalue weighted by atomic mass is 10.1. The van der Waals surface area contributed by atoms with Crippen LogP contribution in [0.3, 0.4) is 0 Å². The van der Waals surface area contributed by atoms with Crippen molar-refractivity contribution in [2.75, 3.05) is 14.2 Å². The van der Waals surface area contributed by atoms with Crippen molar-refractivity contribution in [1.82, 2.24) is 0 Å². The zero-order chi connectivity index (χ0) is 13.0. The summed E-state index contributed by atoms with van der Waals surface area (Å²) in [6.45, 7) is 0. The normalized spacial score (nSPS) is 12.0. The molecule has 0 aliphatic heterocycles. The highest BCUT2D eigenvalue weighted by molar-refractivity contribution is 9.10. The van der Waals surface area contributed by atoms with E-state index in [-0.39, 0.29) is 17.9 Å². The van der Waals surface area contributed by atoms with Gasteiger partial charge in [-0.1, -0.05) is 15.9 Å². The number of benzene rings is 1. The molecule has 0 aromatic heterocycles. The molecule has 0 amide bonds. The van der Waals surface area contributed by atoms with Crippen molar-refractivity contribution in [2.24, 2.45) is 0 Å². The van der Waals surface area contributed by atoms with E-state index in [1.54, 1.807) is 6.07 Å². The Hall–Kier alpha value is -1.27. The summed E-state index contributed by atoms with van der Waals surface area (Å²) in [6, 6.07) is 2.99. The van der Waals surface area contributed by atoms with Gasteiger partial charge in [0.05, 0.1) is 14.2 Å². The fourth-order valence-electron chi connectivity index (χ4n) is 1.33. The second-order valence-corrected chi connectivity index (χ2v) is 4.21. The second kappa shape index (κ2) is 5.88. The van der Waals surface area contributed by atoms with Crippen LogP contribution in [0.1, 0.15) is 5.56 Å². The summed E-state index contributed by atoms with van der Waals surface area (Å²) in [5, 5.41) is 19.0. The minimum atomic E-state index is -1.24. The summed E-state index contributed by atoms with van der Waals surface area (Å²) < 4.78 is 9.94. The van der Waals surface area contributed by atoms with E-state index in [0.717, 1.165) is 0 Å². The molecule has 0 radical (unpaired) electrons. The van der Waals surface area contributed by atoms with E-state index in [2.05, 4.69) is 20.7 Å². The van der Waals surface area contributed by atoms with Gasteiger partial charge in [0, 0.05) is 10.9 Å². The molecule has 1 rings (SSSR count). The van der Waals surface area contributed by atoms with Crippen LogP contribution in [0.2, 0.25) is 0 Å². The molecule has 0 saturated heterocycles. The molecule has 1 aromatic rings. The van der Waals surface area contributed by atoms with E-state index >= 15 is 0 Å². The molecule has 0 bridgehead atoms. The smallest absolute Gasteiger partial charge is 0.335 e. The molecule has 2 N–H and O–H groups in total. The summed E-state index contributed by atoms with van der Waals surface area (Å²) in [6.07, 6.45) is -1.17. The molecule has 0 heterocycles. The SMILES string of the molecule is COC(=O)C(O)Cc1cc(OC)c(O)cc1Br. The van der Waals surface area contributed by atoms with Gasteiger partial charge in [-0.2, -0.15) is 0 Å². The van der Waals surface area contributed by atoms with E-state index in [9.17, 15) is 15.0 Å². The second-order valence-electron chi connectivity index (χ2n) is 3.36. The number of phenols is 1. The monoisotopic (exact) mass is 304 g/mol. The Bertz CT molecular complexity index is 419. The summed E-state index contributed by atoms with van der Waals surface area (Å²) in [5.74, 6) is -0.445. The average molecular weight is 305 g/mol. The molecular weight excluding hydrogens is 292 g/mol. The predicted octanol–water partition coefficient (Wildman–Crippen LogP) is 1.24. The van der Waals surface area contributed by atoms with Crippen LogP contribution >= 0.6 is 15.9 Å². The van der Waals surface area contributed by atoms with Crippen LogP contribution in [0.15, 0.2) is 16.6 Å². The number of carbonyl (C=O) groups is 1. The van der Waals surface area contributed by atoms with Gasteiger partial charge in [-0.05, 0) is 17.7 Å². The maximum atomic E-state index is 11.1. The molecule has 5 nitrogen and oxygen atoms in total. The van der Waals surface area contributed by atoms with Crippen LogP contribution in [-0.2, 0) is 16.0 Å². The van der Waals surface area contributed by atoms with E-state index < -0.39 is 12.1 Å². The van der Waals surface area contributed by atoms with Crippen LogP contribution < -0.4 is 4.74 Å². The minimum absolute atomic E-state index is 0.0179. The van der Waals surface area contributed by atoms with Crippen LogP contribution in [0.5, 0.6) is 11.5 Å². The van der Waals surface area contributed by atoms with Crippen LogP contribution in [0, 0.1) is 0 Å².